The standard InChI is InChI=1S/C27H39IO3/c1-15(14-28)5-8-22-16(2)25-23(31-22)13-21-19-7-6-17-11-18(29)12-24(30)27(17,4)20(19)9-10-26(21,25)3/h6-7,15,17-18,20,23-25,29-30H,5,8-14H2,1-4H3/t15-,17?,18-,20+,23+,24+,25+,26+,27+/m1/s1. The molecule has 0 radical (unpaired) electrons. The molecule has 1 unspecified atom stereocenters. The highest BCUT2D eigenvalue weighted by Gasteiger charge is 2.60. The summed E-state index contributed by atoms with van der Waals surface area (Å²) in [5.74, 6) is 3.21. The summed E-state index contributed by atoms with van der Waals surface area (Å²) in [5.41, 5.74) is 4.64. The number of halogens is 1. The molecular formula is C27H39IO3. The Morgan fingerprint density at radius 3 is 2.77 bits per heavy atom. The Labute approximate surface area is 201 Å². The fourth-order valence-electron chi connectivity index (χ4n) is 8.00. The molecular weight excluding hydrogens is 499 g/mol. The van der Waals surface area contributed by atoms with E-state index in [0.29, 0.717) is 24.4 Å². The predicted octanol–water partition coefficient (Wildman–Crippen LogP) is 5.95. The highest BCUT2D eigenvalue weighted by atomic mass is 127. The zero-order valence-corrected chi connectivity index (χ0v) is 21.7. The number of rotatable bonds is 4. The van der Waals surface area contributed by atoms with E-state index in [4.69, 9.17) is 4.74 Å². The molecule has 9 atom stereocenters. The number of ether oxygens (including phenoxy) is 1. The van der Waals surface area contributed by atoms with Crippen molar-refractivity contribution in [1.82, 2.24) is 0 Å². The van der Waals surface area contributed by atoms with E-state index in [1.807, 2.05) is 0 Å². The largest absolute Gasteiger partial charge is 0.494 e. The van der Waals surface area contributed by atoms with Crippen LogP contribution in [0.15, 0.2) is 34.6 Å². The fraction of sp³-hybridized carbons (Fsp3) is 0.778. The summed E-state index contributed by atoms with van der Waals surface area (Å²) in [6.45, 7) is 9.45. The summed E-state index contributed by atoms with van der Waals surface area (Å²) < 4.78 is 7.84. The molecule has 2 N–H and O–H groups in total. The molecule has 2 fully saturated rings. The van der Waals surface area contributed by atoms with Crippen LogP contribution in [0.25, 0.3) is 0 Å². The monoisotopic (exact) mass is 538 g/mol. The van der Waals surface area contributed by atoms with Crippen LogP contribution in [0, 0.1) is 34.5 Å². The van der Waals surface area contributed by atoms with Gasteiger partial charge in [-0.25, -0.2) is 0 Å². The molecule has 172 valence electrons. The topological polar surface area (TPSA) is 49.7 Å². The van der Waals surface area contributed by atoms with E-state index >= 15 is 0 Å². The number of fused-ring (bicyclic) bond motifs is 6. The maximum absolute atomic E-state index is 11.1. The number of allylic oxidation sites excluding steroid dienone is 4. The van der Waals surface area contributed by atoms with Crippen molar-refractivity contribution in [1.29, 1.82) is 0 Å². The second-order valence-corrected chi connectivity index (χ2v) is 12.5. The van der Waals surface area contributed by atoms with Gasteiger partial charge >= 0.3 is 0 Å². The fourth-order valence-corrected chi connectivity index (χ4v) is 8.44. The van der Waals surface area contributed by atoms with Gasteiger partial charge in [0.25, 0.3) is 0 Å². The summed E-state index contributed by atoms with van der Waals surface area (Å²) in [5, 5.41) is 21.3. The van der Waals surface area contributed by atoms with Crippen LogP contribution in [0.3, 0.4) is 0 Å². The van der Waals surface area contributed by atoms with E-state index in [1.165, 1.54) is 34.2 Å². The van der Waals surface area contributed by atoms with Gasteiger partial charge in [0.15, 0.2) is 0 Å². The second-order valence-electron chi connectivity index (χ2n) is 11.7. The van der Waals surface area contributed by atoms with Gasteiger partial charge in [0, 0.05) is 28.6 Å². The molecule has 0 bridgehead atoms. The number of hydrogen-bond acceptors (Lipinski definition) is 3. The first-order valence-electron chi connectivity index (χ1n) is 12.4. The minimum Gasteiger partial charge on any atom is -0.494 e. The van der Waals surface area contributed by atoms with E-state index in [9.17, 15) is 10.2 Å². The normalized spacial score (nSPS) is 46.9. The van der Waals surface area contributed by atoms with Crippen molar-refractivity contribution in [3.05, 3.63) is 34.6 Å². The van der Waals surface area contributed by atoms with Gasteiger partial charge in [-0.3, -0.25) is 0 Å². The van der Waals surface area contributed by atoms with Gasteiger partial charge in [-0.2, -0.15) is 0 Å². The van der Waals surface area contributed by atoms with Gasteiger partial charge in [0.2, 0.25) is 0 Å². The highest BCUT2D eigenvalue weighted by molar-refractivity contribution is 14.1. The third kappa shape index (κ3) is 3.24. The van der Waals surface area contributed by atoms with Crippen molar-refractivity contribution in [2.45, 2.75) is 91.0 Å². The number of aliphatic hydroxyl groups is 2. The minimum atomic E-state index is -0.429. The number of alkyl halides is 1. The Morgan fingerprint density at radius 1 is 1.26 bits per heavy atom. The third-order valence-electron chi connectivity index (χ3n) is 9.95. The lowest BCUT2D eigenvalue weighted by atomic mass is 9.50. The molecule has 0 spiro atoms. The Balaban J connectivity index is 1.48. The summed E-state index contributed by atoms with van der Waals surface area (Å²) in [6.07, 6.45) is 11.1. The van der Waals surface area contributed by atoms with E-state index in [0.717, 1.165) is 31.6 Å². The first-order valence-corrected chi connectivity index (χ1v) is 13.9. The molecule has 0 aromatic carbocycles. The average Bonchev–Trinajstić information content (AvgIpc) is 3.20. The van der Waals surface area contributed by atoms with Crippen molar-refractivity contribution in [2.75, 3.05) is 4.43 Å². The molecule has 31 heavy (non-hydrogen) atoms. The van der Waals surface area contributed by atoms with E-state index in [-0.39, 0.29) is 22.9 Å². The van der Waals surface area contributed by atoms with Crippen molar-refractivity contribution in [3.8, 4) is 0 Å². The molecule has 4 aliphatic carbocycles. The quantitative estimate of drug-likeness (QED) is 0.344. The van der Waals surface area contributed by atoms with Crippen LogP contribution in [-0.4, -0.2) is 33.0 Å². The Kier molecular flexibility index (Phi) is 5.70. The highest BCUT2D eigenvalue weighted by Crippen LogP contribution is 2.66. The Morgan fingerprint density at radius 2 is 2.03 bits per heavy atom. The van der Waals surface area contributed by atoms with Gasteiger partial charge in [-0.1, -0.05) is 61.1 Å². The maximum atomic E-state index is 11.1. The molecule has 1 heterocycles. The van der Waals surface area contributed by atoms with Crippen molar-refractivity contribution >= 4 is 22.6 Å². The molecule has 1 aliphatic heterocycles. The zero-order chi connectivity index (χ0) is 22.1. The van der Waals surface area contributed by atoms with Crippen molar-refractivity contribution < 1.29 is 14.9 Å². The predicted molar refractivity (Wildman–Crippen MR) is 133 cm³/mol. The van der Waals surface area contributed by atoms with Gasteiger partial charge in [-0.05, 0) is 73.3 Å². The van der Waals surface area contributed by atoms with Crippen LogP contribution >= 0.6 is 22.6 Å². The van der Waals surface area contributed by atoms with Crippen LogP contribution in [-0.2, 0) is 4.74 Å². The first kappa shape index (κ1) is 22.5. The summed E-state index contributed by atoms with van der Waals surface area (Å²) in [6, 6.07) is 0. The van der Waals surface area contributed by atoms with E-state index in [1.54, 1.807) is 5.57 Å². The van der Waals surface area contributed by atoms with Crippen molar-refractivity contribution in [3.63, 3.8) is 0 Å². The molecule has 3 nitrogen and oxygen atoms in total. The molecule has 0 aromatic heterocycles. The first-order chi connectivity index (χ1) is 14.7. The third-order valence-corrected chi connectivity index (χ3v) is 11.5. The summed E-state index contributed by atoms with van der Waals surface area (Å²) >= 11 is 2.49. The van der Waals surface area contributed by atoms with Crippen LogP contribution < -0.4 is 0 Å². The number of aliphatic hydroxyl groups excluding tert-OH is 2. The van der Waals surface area contributed by atoms with Gasteiger partial charge in [0.05, 0.1) is 18.0 Å². The minimum absolute atomic E-state index is 0.151. The lowest BCUT2D eigenvalue weighted by Crippen LogP contribution is -2.54. The van der Waals surface area contributed by atoms with Gasteiger partial charge in [-0.15, -0.1) is 0 Å². The molecule has 0 saturated heterocycles. The Bertz CT molecular complexity index is 843. The Hall–Kier alpha value is -0.330. The average molecular weight is 539 g/mol. The lowest BCUT2D eigenvalue weighted by molar-refractivity contribution is -0.103. The molecule has 2 saturated carbocycles. The second kappa shape index (κ2) is 7.87. The zero-order valence-electron chi connectivity index (χ0n) is 19.5. The van der Waals surface area contributed by atoms with Crippen molar-refractivity contribution in [2.24, 2.45) is 34.5 Å². The molecule has 0 amide bonds. The molecule has 5 aliphatic rings. The van der Waals surface area contributed by atoms with Crippen LogP contribution in [0.2, 0.25) is 0 Å². The van der Waals surface area contributed by atoms with Crippen LogP contribution in [0.4, 0.5) is 0 Å². The molecule has 5 rings (SSSR count). The van der Waals surface area contributed by atoms with Crippen LogP contribution in [0.5, 0.6) is 0 Å². The summed E-state index contributed by atoms with van der Waals surface area (Å²) in [7, 11) is 0. The summed E-state index contributed by atoms with van der Waals surface area (Å²) in [4.78, 5) is 0. The van der Waals surface area contributed by atoms with E-state index in [2.05, 4.69) is 62.4 Å². The number of hydrogen-bond donors (Lipinski definition) is 2. The van der Waals surface area contributed by atoms with E-state index < -0.39 is 6.10 Å². The van der Waals surface area contributed by atoms with Gasteiger partial charge < -0.3 is 14.9 Å². The maximum Gasteiger partial charge on any atom is 0.109 e. The smallest absolute Gasteiger partial charge is 0.109 e. The SMILES string of the molecule is CC1=C(CC[C@@H](C)CI)O[C@H]2CC3=C4C=CC5C[C@@H](O)C[C@H](O)[C@]5(C)[C@H]4CC[C@]3(C)[C@@H]12. The lowest BCUT2D eigenvalue weighted by Gasteiger charge is -2.56. The molecule has 4 heteroatoms. The van der Waals surface area contributed by atoms with Gasteiger partial charge in [0.1, 0.15) is 6.10 Å². The molecule has 0 aromatic rings. The van der Waals surface area contributed by atoms with Crippen LogP contribution in [0.1, 0.15) is 72.6 Å².